The number of hydrogen-bond donors (Lipinski definition) is 0. The summed E-state index contributed by atoms with van der Waals surface area (Å²) in [5.74, 6) is 1.68. The van der Waals surface area contributed by atoms with Crippen LogP contribution in [-0.4, -0.2) is 39.3 Å². The predicted octanol–water partition coefficient (Wildman–Crippen LogP) is 3.46. The molecule has 1 aromatic heterocycles. The molecule has 1 aliphatic carbocycles. The quantitative estimate of drug-likeness (QED) is 0.714. The lowest BCUT2D eigenvalue weighted by atomic mass is 9.86. The molecule has 0 bridgehead atoms. The van der Waals surface area contributed by atoms with Crippen molar-refractivity contribution in [3.05, 3.63) is 18.5 Å². The number of hydrogen-bond acceptors (Lipinski definition) is 5. The van der Waals surface area contributed by atoms with Gasteiger partial charge in [-0.2, -0.15) is 0 Å². The van der Waals surface area contributed by atoms with E-state index in [9.17, 15) is 4.79 Å². The van der Waals surface area contributed by atoms with E-state index in [1.54, 1.807) is 6.08 Å². The molecule has 0 unspecified atom stereocenters. The fourth-order valence-corrected chi connectivity index (χ4v) is 4.42. The van der Waals surface area contributed by atoms with Crippen molar-refractivity contribution in [2.24, 2.45) is 5.92 Å². The van der Waals surface area contributed by atoms with Crippen molar-refractivity contribution >= 4 is 17.7 Å². The van der Waals surface area contributed by atoms with E-state index in [0.29, 0.717) is 17.7 Å². The third-order valence-electron chi connectivity index (χ3n) is 4.78. The van der Waals surface area contributed by atoms with E-state index in [-0.39, 0.29) is 11.2 Å². The molecule has 5 nitrogen and oxygen atoms in total. The van der Waals surface area contributed by atoms with Crippen molar-refractivity contribution in [2.75, 3.05) is 13.1 Å². The van der Waals surface area contributed by atoms with E-state index in [1.165, 1.54) is 43.9 Å². The number of aryl methyl sites for hydroxylation is 1. The monoisotopic (exact) mass is 335 g/mol. The first-order valence-corrected chi connectivity index (χ1v) is 9.53. The van der Waals surface area contributed by atoms with Gasteiger partial charge < -0.3 is 9.32 Å². The molecule has 1 amide bonds. The minimum Gasteiger partial charge on any atom is -0.416 e. The maximum atomic E-state index is 12.2. The van der Waals surface area contributed by atoms with Crippen molar-refractivity contribution in [2.45, 2.75) is 61.8 Å². The van der Waals surface area contributed by atoms with Crippen LogP contribution < -0.4 is 0 Å². The highest BCUT2D eigenvalue weighted by Gasteiger charge is 2.33. The van der Waals surface area contributed by atoms with Crippen LogP contribution in [0.25, 0.3) is 0 Å². The van der Waals surface area contributed by atoms with Gasteiger partial charge in [0, 0.05) is 19.5 Å². The zero-order valence-electron chi connectivity index (χ0n) is 13.6. The Bertz CT molecular complexity index is 540. The van der Waals surface area contributed by atoms with Crippen molar-refractivity contribution in [1.82, 2.24) is 15.1 Å². The van der Waals surface area contributed by atoms with Gasteiger partial charge in [0.15, 0.2) is 0 Å². The Kier molecular flexibility index (Phi) is 5.75. The van der Waals surface area contributed by atoms with Gasteiger partial charge in [0.2, 0.25) is 11.8 Å². The summed E-state index contributed by atoms with van der Waals surface area (Å²) in [6.07, 6.45) is 11.4. The molecule has 2 fully saturated rings. The number of carbonyl (C=O) groups excluding carboxylic acids is 1. The van der Waals surface area contributed by atoms with Crippen LogP contribution in [0, 0.1) is 5.92 Å². The topological polar surface area (TPSA) is 59.2 Å². The number of amides is 1. The van der Waals surface area contributed by atoms with Gasteiger partial charge in [-0.1, -0.05) is 49.9 Å². The molecule has 126 valence electrons. The van der Waals surface area contributed by atoms with Gasteiger partial charge in [0.25, 0.3) is 5.22 Å². The lowest BCUT2D eigenvalue weighted by Gasteiger charge is -2.20. The zero-order valence-corrected chi connectivity index (χ0v) is 14.4. The lowest BCUT2D eigenvalue weighted by molar-refractivity contribution is -0.126. The molecular formula is C17H25N3O2S. The Balaban J connectivity index is 1.47. The molecule has 1 saturated heterocycles. The van der Waals surface area contributed by atoms with Gasteiger partial charge in [-0.3, -0.25) is 4.79 Å². The van der Waals surface area contributed by atoms with E-state index in [0.717, 1.165) is 31.7 Å². The van der Waals surface area contributed by atoms with Crippen LogP contribution in [-0.2, 0) is 11.2 Å². The first-order chi connectivity index (χ1) is 11.3. The zero-order chi connectivity index (χ0) is 16.1. The van der Waals surface area contributed by atoms with E-state index in [1.807, 2.05) is 4.90 Å². The van der Waals surface area contributed by atoms with Crippen LogP contribution in [0.2, 0.25) is 0 Å². The molecule has 0 radical (unpaired) electrons. The standard InChI is InChI=1S/C17H25N3O2S/c1-2-11-20-12-10-14(16(20)21)23-17-19-18-15(22-17)9-8-13-6-4-3-5-7-13/h2,13-14H,1,3-12H2/t14-/m1/s1. The summed E-state index contributed by atoms with van der Waals surface area (Å²) in [4.78, 5) is 14.0. The van der Waals surface area contributed by atoms with E-state index in [4.69, 9.17) is 4.42 Å². The van der Waals surface area contributed by atoms with Gasteiger partial charge in [0.1, 0.15) is 0 Å². The molecule has 1 aliphatic heterocycles. The molecule has 0 N–H and O–H groups in total. The highest BCUT2D eigenvalue weighted by molar-refractivity contribution is 8.00. The highest BCUT2D eigenvalue weighted by Crippen LogP contribution is 2.31. The first kappa shape index (κ1) is 16.6. The van der Waals surface area contributed by atoms with E-state index in [2.05, 4.69) is 16.8 Å². The van der Waals surface area contributed by atoms with Crippen molar-refractivity contribution in [3.63, 3.8) is 0 Å². The van der Waals surface area contributed by atoms with Crippen molar-refractivity contribution in [3.8, 4) is 0 Å². The maximum absolute atomic E-state index is 12.2. The molecule has 2 aliphatic rings. The molecule has 23 heavy (non-hydrogen) atoms. The largest absolute Gasteiger partial charge is 0.416 e. The fourth-order valence-electron chi connectivity index (χ4n) is 3.47. The van der Waals surface area contributed by atoms with E-state index >= 15 is 0 Å². The number of aromatic nitrogens is 2. The van der Waals surface area contributed by atoms with Crippen LogP contribution in [0.4, 0.5) is 0 Å². The highest BCUT2D eigenvalue weighted by atomic mass is 32.2. The molecule has 0 spiro atoms. The first-order valence-electron chi connectivity index (χ1n) is 8.65. The Morgan fingerprint density at radius 3 is 2.87 bits per heavy atom. The predicted molar refractivity (Wildman–Crippen MR) is 90.2 cm³/mol. The molecule has 1 saturated carbocycles. The number of carbonyl (C=O) groups is 1. The molecule has 2 heterocycles. The molecule has 1 aromatic rings. The summed E-state index contributed by atoms with van der Waals surface area (Å²) in [6, 6.07) is 0. The number of nitrogens with zero attached hydrogens (tertiary/aromatic N) is 3. The normalized spacial score (nSPS) is 22.7. The Morgan fingerprint density at radius 2 is 2.09 bits per heavy atom. The van der Waals surface area contributed by atoms with Crippen molar-refractivity contribution in [1.29, 1.82) is 0 Å². The van der Waals surface area contributed by atoms with Gasteiger partial charge >= 0.3 is 0 Å². The Labute approximate surface area is 141 Å². The molecule has 3 rings (SSSR count). The smallest absolute Gasteiger partial charge is 0.277 e. The summed E-state index contributed by atoms with van der Waals surface area (Å²) in [7, 11) is 0. The van der Waals surface area contributed by atoms with Gasteiger partial charge in [-0.25, -0.2) is 0 Å². The third kappa shape index (κ3) is 4.37. The van der Waals surface area contributed by atoms with Crippen LogP contribution in [0.3, 0.4) is 0 Å². The molecule has 0 aromatic carbocycles. The number of likely N-dealkylation sites (tertiary alicyclic amines) is 1. The molecular weight excluding hydrogens is 310 g/mol. The summed E-state index contributed by atoms with van der Waals surface area (Å²) in [5, 5.41) is 8.68. The van der Waals surface area contributed by atoms with Gasteiger partial charge in [-0.15, -0.1) is 16.8 Å². The van der Waals surface area contributed by atoms with E-state index < -0.39 is 0 Å². The minimum atomic E-state index is -0.0957. The summed E-state index contributed by atoms with van der Waals surface area (Å²) in [5.41, 5.74) is 0. The summed E-state index contributed by atoms with van der Waals surface area (Å²) >= 11 is 1.41. The third-order valence-corrected chi connectivity index (χ3v) is 5.87. The Morgan fingerprint density at radius 1 is 1.26 bits per heavy atom. The maximum Gasteiger partial charge on any atom is 0.277 e. The average Bonchev–Trinajstić information content (AvgIpc) is 3.16. The van der Waals surface area contributed by atoms with Crippen LogP contribution in [0.15, 0.2) is 22.3 Å². The number of rotatable bonds is 7. The van der Waals surface area contributed by atoms with Crippen LogP contribution in [0.1, 0.15) is 50.8 Å². The lowest BCUT2D eigenvalue weighted by Crippen LogP contribution is -2.28. The van der Waals surface area contributed by atoms with Crippen LogP contribution in [0.5, 0.6) is 0 Å². The van der Waals surface area contributed by atoms with Crippen molar-refractivity contribution < 1.29 is 9.21 Å². The SMILES string of the molecule is C=CCN1CC[C@@H](Sc2nnc(CCC3CCCCC3)o2)C1=O. The summed E-state index contributed by atoms with van der Waals surface area (Å²) < 4.78 is 5.73. The fraction of sp³-hybridized carbons (Fsp3) is 0.706. The second-order valence-corrected chi connectivity index (χ2v) is 7.63. The van der Waals surface area contributed by atoms with Gasteiger partial charge in [-0.05, 0) is 18.8 Å². The minimum absolute atomic E-state index is 0.0957. The molecule has 1 atom stereocenters. The van der Waals surface area contributed by atoms with Gasteiger partial charge in [0.05, 0.1) is 5.25 Å². The Hall–Kier alpha value is -1.30. The summed E-state index contributed by atoms with van der Waals surface area (Å²) in [6.45, 7) is 5.09. The second-order valence-electron chi connectivity index (χ2n) is 6.47. The second kappa shape index (κ2) is 7.99. The van der Waals surface area contributed by atoms with Crippen LogP contribution >= 0.6 is 11.8 Å². The average molecular weight is 335 g/mol. The number of thioether (sulfide) groups is 1. The molecule has 6 heteroatoms.